The summed E-state index contributed by atoms with van der Waals surface area (Å²) in [5, 5.41) is 0. The molecule has 0 spiro atoms. The smallest absolute Gasteiger partial charge is 0.281 e. The van der Waals surface area contributed by atoms with Gasteiger partial charge in [0.1, 0.15) is 6.10 Å². The van der Waals surface area contributed by atoms with Gasteiger partial charge in [0.05, 0.1) is 0 Å². The molecule has 2 rings (SSSR count). The summed E-state index contributed by atoms with van der Waals surface area (Å²) >= 11 is 0. The summed E-state index contributed by atoms with van der Waals surface area (Å²) in [4.78, 5) is 14.0. The molecule has 0 N–H and O–H groups in total. The second-order valence-corrected chi connectivity index (χ2v) is 7.51. The van der Waals surface area contributed by atoms with Crippen molar-refractivity contribution in [2.75, 3.05) is 46.9 Å². The lowest BCUT2D eigenvalue weighted by Gasteiger charge is -2.25. The molecule has 0 aromatic rings. The minimum Gasteiger partial charge on any atom is -0.368 e. The van der Waals surface area contributed by atoms with Gasteiger partial charge in [-0.3, -0.25) is 4.79 Å². The van der Waals surface area contributed by atoms with Gasteiger partial charge in [0.25, 0.3) is 16.1 Å². The van der Waals surface area contributed by atoms with Crippen molar-refractivity contribution in [3.05, 3.63) is 0 Å². The number of carbonyl (C=O) groups excluding carboxylic acids is 1. The number of hydrogen-bond acceptors (Lipinski definition) is 4. The molecule has 2 aliphatic heterocycles. The number of hydrogen-bond donors (Lipinski definition) is 0. The minimum atomic E-state index is -3.39. The largest absolute Gasteiger partial charge is 0.368 e. The molecule has 0 saturated carbocycles. The fourth-order valence-electron chi connectivity index (χ4n) is 2.55. The highest BCUT2D eigenvalue weighted by molar-refractivity contribution is 7.86. The average Bonchev–Trinajstić information content (AvgIpc) is 2.81. The van der Waals surface area contributed by atoms with Gasteiger partial charge < -0.3 is 9.64 Å². The van der Waals surface area contributed by atoms with Crippen LogP contribution in [-0.4, -0.2) is 80.8 Å². The summed E-state index contributed by atoms with van der Waals surface area (Å²) in [6.45, 7) is 2.48. The molecule has 2 aliphatic rings. The summed E-state index contributed by atoms with van der Waals surface area (Å²) in [6, 6.07) is 0. The molecule has 1 unspecified atom stereocenters. The molecule has 2 fully saturated rings. The van der Waals surface area contributed by atoms with E-state index in [1.54, 1.807) is 4.90 Å². The van der Waals surface area contributed by atoms with E-state index in [9.17, 15) is 13.2 Å². The van der Waals surface area contributed by atoms with Crippen LogP contribution in [0.5, 0.6) is 0 Å². The van der Waals surface area contributed by atoms with E-state index in [0.717, 1.165) is 12.8 Å². The minimum absolute atomic E-state index is 0.00611. The summed E-state index contributed by atoms with van der Waals surface area (Å²) in [5.41, 5.74) is 0. The number of ether oxygens (including phenoxy) is 1. The van der Waals surface area contributed by atoms with E-state index in [4.69, 9.17) is 4.74 Å². The van der Waals surface area contributed by atoms with Gasteiger partial charge in [-0.2, -0.15) is 17.0 Å². The normalized spacial score (nSPS) is 25.9. The van der Waals surface area contributed by atoms with E-state index in [1.807, 2.05) is 0 Å². The first-order chi connectivity index (χ1) is 9.43. The molecular weight excluding hydrogens is 282 g/mol. The highest BCUT2D eigenvalue weighted by atomic mass is 32.2. The third-order valence-corrected chi connectivity index (χ3v) is 5.70. The Balaban J connectivity index is 1.97. The molecule has 1 amide bonds. The van der Waals surface area contributed by atoms with E-state index in [0.29, 0.717) is 39.2 Å². The molecule has 2 heterocycles. The predicted molar refractivity (Wildman–Crippen MR) is 74.4 cm³/mol. The number of amides is 1. The maximum atomic E-state index is 12.3. The summed E-state index contributed by atoms with van der Waals surface area (Å²) < 4.78 is 32.3. The van der Waals surface area contributed by atoms with Crippen LogP contribution >= 0.6 is 0 Å². The maximum absolute atomic E-state index is 12.3. The zero-order chi connectivity index (χ0) is 14.8. The van der Waals surface area contributed by atoms with Crippen LogP contribution in [0.25, 0.3) is 0 Å². The van der Waals surface area contributed by atoms with Crippen molar-refractivity contribution in [3.63, 3.8) is 0 Å². The molecule has 0 aromatic heterocycles. The van der Waals surface area contributed by atoms with Crippen LogP contribution < -0.4 is 0 Å². The quantitative estimate of drug-likeness (QED) is 0.705. The molecule has 7 nitrogen and oxygen atoms in total. The number of carbonyl (C=O) groups is 1. The molecule has 0 bridgehead atoms. The molecule has 0 aromatic carbocycles. The van der Waals surface area contributed by atoms with Crippen LogP contribution in [0.15, 0.2) is 0 Å². The van der Waals surface area contributed by atoms with Crippen molar-refractivity contribution < 1.29 is 17.9 Å². The van der Waals surface area contributed by atoms with E-state index >= 15 is 0 Å². The fourth-order valence-corrected chi connectivity index (χ4v) is 3.69. The lowest BCUT2D eigenvalue weighted by molar-refractivity contribution is -0.140. The summed E-state index contributed by atoms with van der Waals surface area (Å²) in [5.74, 6) is 0.00611. The van der Waals surface area contributed by atoms with Crippen molar-refractivity contribution in [2.45, 2.75) is 25.4 Å². The Kier molecular flexibility index (Phi) is 5.00. The Morgan fingerprint density at radius 2 is 1.90 bits per heavy atom. The van der Waals surface area contributed by atoms with E-state index < -0.39 is 10.2 Å². The van der Waals surface area contributed by atoms with Crippen molar-refractivity contribution in [2.24, 2.45) is 0 Å². The molecule has 20 heavy (non-hydrogen) atoms. The SMILES string of the molecule is CN(C)S(=O)(=O)N1CCCN(C(=O)C2CCCO2)CC1. The van der Waals surface area contributed by atoms with Crippen LogP contribution in [0, 0.1) is 0 Å². The standard InChI is InChI=1S/C12H23N3O4S/c1-13(2)20(17,18)15-7-4-6-14(8-9-15)12(16)11-5-3-10-19-11/h11H,3-10H2,1-2H3. The van der Waals surface area contributed by atoms with Crippen LogP contribution in [0.4, 0.5) is 0 Å². The summed E-state index contributed by atoms with van der Waals surface area (Å²) in [7, 11) is -0.347. The average molecular weight is 305 g/mol. The van der Waals surface area contributed by atoms with Gasteiger partial charge in [-0.15, -0.1) is 0 Å². The van der Waals surface area contributed by atoms with Gasteiger partial charge in [0.15, 0.2) is 0 Å². The lowest BCUT2D eigenvalue weighted by atomic mass is 10.2. The Morgan fingerprint density at radius 1 is 1.15 bits per heavy atom. The highest BCUT2D eigenvalue weighted by Crippen LogP contribution is 2.17. The van der Waals surface area contributed by atoms with Gasteiger partial charge in [-0.25, -0.2) is 0 Å². The van der Waals surface area contributed by atoms with Crippen molar-refractivity contribution in [1.29, 1.82) is 0 Å². The topological polar surface area (TPSA) is 70.2 Å². The van der Waals surface area contributed by atoms with Crippen LogP contribution in [0.2, 0.25) is 0 Å². The second-order valence-electron chi connectivity index (χ2n) is 5.37. The van der Waals surface area contributed by atoms with Gasteiger partial charge >= 0.3 is 0 Å². The molecule has 0 aliphatic carbocycles. The number of rotatable bonds is 3. The monoisotopic (exact) mass is 305 g/mol. The Labute approximate surface area is 120 Å². The van der Waals surface area contributed by atoms with Gasteiger partial charge in [0, 0.05) is 46.9 Å². The van der Waals surface area contributed by atoms with Gasteiger partial charge in [0.2, 0.25) is 0 Å². The molecule has 116 valence electrons. The van der Waals surface area contributed by atoms with E-state index in [1.165, 1.54) is 22.7 Å². The van der Waals surface area contributed by atoms with E-state index in [2.05, 4.69) is 0 Å². The molecule has 0 radical (unpaired) electrons. The van der Waals surface area contributed by atoms with E-state index in [-0.39, 0.29) is 12.0 Å². The first-order valence-corrected chi connectivity index (χ1v) is 8.40. The Hall–Kier alpha value is -0.700. The Bertz CT molecular complexity index is 446. The van der Waals surface area contributed by atoms with Gasteiger partial charge in [-0.1, -0.05) is 0 Å². The predicted octanol–water partition coefficient (Wildman–Crippen LogP) is -0.494. The Morgan fingerprint density at radius 3 is 2.50 bits per heavy atom. The van der Waals surface area contributed by atoms with Crippen LogP contribution in [0.3, 0.4) is 0 Å². The van der Waals surface area contributed by atoms with Crippen molar-refractivity contribution >= 4 is 16.1 Å². The third-order valence-electron chi connectivity index (χ3n) is 3.76. The zero-order valence-corrected chi connectivity index (χ0v) is 12.9. The second kappa shape index (κ2) is 6.38. The molecule has 1 atom stereocenters. The fraction of sp³-hybridized carbons (Fsp3) is 0.917. The third kappa shape index (κ3) is 3.30. The molecule has 2 saturated heterocycles. The maximum Gasteiger partial charge on any atom is 0.281 e. The molecule has 8 heteroatoms. The van der Waals surface area contributed by atoms with Crippen molar-refractivity contribution in [1.82, 2.24) is 13.5 Å². The molecular formula is C12H23N3O4S. The zero-order valence-electron chi connectivity index (χ0n) is 12.1. The van der Waals surface area contributed by atoms with Crippen LogP contribution in [-0.2, 0) is 19.7 Å². The lowest BCUT2D eigenvalue weighted by Crippen LogP contribution is -2.44. The highest BCUT2D eigenvalue weighted by Gasteiger charge is 2.32. The first-order valence-electron chi connectivity index (χ1n) is 7.01. The van der Waals surface area contributed by atoms with Gasteiger partial charge in [-0.05, 0) is 19.3 Å². The first kappa shape index (κ1) is 15.7. The van der Waals surface area contributed by atoms with Crippen molar-refractivity contribution in [3.8, 4) is 0 Å². The summed E-state index contributed by atoms with van der Waals surface area (Å²) in [6.07, 6.45) is 2.03. The number of nitrogens with zero attached hydrogens (tertiary/aromatic N) is 3. The van der Waals surface area contributed by atoms with Crippen LogP contribution in [0.1, 0.15) is 19.3 Å².